The number of halogens is 3. The summed E-state index contributed by atoms with van der Waals surface area (Å²) in [5, 5.41) is 3.31. The van der Waals surface area contributed by atoms with Crippen LogP contribution in [0.3, 0.4) is 0 Å². The lowest BCUT2D eigenvalue weighted by Crippen LogP contribution is -2.51. The summed E-state index contributed by atoms with van der Waals surface area (Å²) in [7, 11) is 1.51. The molecule has 1 unspecified atom stereocenters. The molecule has 0 aromatic heterocycles. The zero-order valence-corrected chi connectivity index (χ0v) is 16.4. The van der Waals surface area contributed by atoms with Crippen molar-refractivity contribution in [3.8, 4) is 11.5 Å². The maximum atomic E-state index is 12.8. The van der Waals surface area contributed by atoms with Crippen molar-refractivity contribution in [1.29, 1.82) is 0 Å². The Labute approximate surface area is 170 Å². The number of ether oxygens (including phenoxy) is 2. The number of nitrogens with zero attached hydrogens (tertiary/aromatic N) is 1. The summed E-state index contributed by atoms with van der Waals surface area (Å²) < 4.78 is 11.2. The molecular formula is C18H15Cl3N2O4. The molecule has 0 aliphatic carbocycles. The summed E-state index contributed by atoms with van der Waals surface area (Å²) in [6.45, 7) is -0.236. The summed E-state index contributed by atoms with van der Waals surface area (Å²) in [5.41, 5.74) is 0.562. The molecule has 2 amide bonds. The van der Waals surface area contributed by atoms with Gasteiger partial charge in [0.05, 0.1) is 27.3 Å². The normalized spacial score (nSPS) is 15.6. The minimum atomic E-state index is -0.817. The second-order valence-corrected chi connectivity index (χ2v) is 6.90. The van der Waals surface area contributed by atoms with Crippen molar-refractivity contribution in [2.45, 2.75) is 6.10 Å². The van der Waals surface area contributed by atoms with Gasteiger partial charge in [-0.2, -0.15) is 0 Å². The van der Waals surface area contributed by atoms with Crippen molar-refractivity contribution < 1.29 is 19.1 Å². The molecule has 142 valence electrons. The first kappa shape index (κ1) is 19.6. The van der Waals surface area contributed by atoms with Gasteiger partial charge in [0, 0.05) is 13.1 Å². The zero-order chi connectivity index (χ0) is 19.6. The van der Waals surface area contributed by atoms with Gasteiger partial charge in [0.25, 0.3) is 11.8 Å². The molecule has 9 heteroatoms. The Balaban J connectivity index is 1.79. The summed E-state index contributed by atoms with van der Waals surface area (Å²) in [5.74, 6) is -0.000349. The third kappa shape index (κ3) is 4.24. The number of nitrogens with one attached hydrogen (secondary N) is 1. The molecule has 1 N–H and O–H groups in total. The zero-order valence-electron chi connectivity index (χ0n) is 14.2. The van der Waals surface area contributed by atoms with Crippen LogP contribution in [-0.4, -0.2) is 38.1 Å². The average Bonchev–Trinajstić information content (AvgIpc) is 2.67. The smallest absolute Gasteiger partial charge is 0.265 e. The van der Waals surface area contributed by atoms with E-state index in [1.54, 1.807) is 24.3 Å². The number of anilines is 1. The molecule has 3 rings (SSSR count). The largest absolute Gasteiger partial charge is 0.482 e. The van der Waals surface area contributed by atoms with Gasteiger partial charge in [0.2, 0.25) is 0 Å². The van der Waals surface area contributed by atoms with Gasteiger partial charge in [0.1, 0.15) is 11.5 Å². The number of fused-ring (bicyclic) bond motifs is 1. The Hall–Kier alpha value is -2.15. The van der Waals surface area contributed by atoms with Crippen molar-refractivity contribution in [2.24, 2.45) is 0 Å². The van der Waals surface area contributed by atoms with Gasteiger partial charge < -0.3 is 19.7 Å². The van der Waals surface area contributed by atoms with E-state index in [9.17, 15) is 9.59 Å². The van der Waals surface area contributed by atoms with E-state index in [4.69, 9.17) is 44.3 Å². The first-order valence-electron chi connectivity index (χ1n) is 7.95. The van der Waals surface area contributed by atoms with Crippen molar-refractivity contribution in [1.82, 2.24) is 5.32 Å². The van der Waals surface area contributed by atoms with E-state index in [1.165, 1.54) is 24.1 Å². The van der Waals surface area contributed by atoms with Gasteiger partial charge in [-0.15, -0.1) is 0 Å². The third-order valence-corrected chi connectivity index (χ3v) is 4.96. The van der Waals surface area contributed by atoms with Gasteiger partial charge in [-0.3, -0.25) is 9.59 Å². The average molecular weight is 430 g/mol. The molecule has 2 aromatic carbocycles. The van der Waals surface area contributed by atoms with Gasteiger partial charge in [-0.25, -0.2) is 0 Å². The quantitative estimate of drug-likeness (QED) is 0.755. The Bertz CT molecular complexity index is 891. The van der Waals surface area contributed by atoms with E-state index < -0.39 is 6.10 Å². The van der Waals surface area contributed by atoms with E-state index in [2.05, 4.69) is 5.32 Å². The number of carbonyl (C=O) groups is 2. The van der Waals surface area contributed by atoms with Gasteiger partial charge >= 0.3 is 0 Å². The highest BCUT2D eigenvalue weighted by molar-refractivity contribution is 6.43. The highest BCUT2D eigenvalue weighted by atomic mass is 35.5. The van der Waals surface area contributed by atoms with Crippen LogP contribution in [-0.2, 0) is 9.59 Å². The van der Waals surface area contributed by atoms with Gasteiger partial charge in [0.15, 0.2) is 12.7 Å². The SMILES string of the molecule is CNC(=O)C1CN(C(=O)COc2cc(Cl)c(Cl)cc2Cl)c2ccccc2O1. The van der Waals surface area contributed by atoms with Crippen LogP contribution in [0.15, 0.2) is 36.4 Å². The molecule has 1 aliphatic rings. The molecule has 6 nitrogen and oxygen atoms in total. The number of para-hydroxylation sites is 2. The van der Waals surface area contributed by atoms with Crippen LogP contribution in [0.2, 0.25) is 15.1 Å². The van der Waals surface area contributed by atoms with E-state index >= 15 is 0 Å². The topological polar surface area (TPSA) is 67.9 Å². The lowest BCUT2D eigenvalue weighted by molar-refractivity contribution is -0.128. The molecule has 0 radical (unpaired) electrons. The van der Waals surface area contributed by atoms with E-state index in [0.717, 1.165) is 0 Å². The number of hydrogen-bond donors (Lipinski definition) is 1. The molecule has 0 bridgehead atoms. The summed E-state index contributed by atoms with van der Waals surface area (Å²) >= 11 is 17.9. The van der Waals surface area contributed by atoms with Crippen molar-refractivity contribution in [3.05, 3.63) is 51.5 Å². The number of likely N-dealkylation sites (N-methyl/N-ethyl adjacent to an activating group) is 1. The van der Waals surface area contributed by atoms with Crippen LogP contribution < -0.4 is 19.7 Å². The first-order chi connectivity index (χ1) is 12.9. The molecule has 1 aliphatic heterocycles. The predicted molar refractivity (Wildman–Crippen MR) is 104 cm³/mol. The fraction of sp³-hybridized carbons (Fsp3) is 0.222. The number of benzene rings is 2. The fourth-order valence-corrected chi connectivity index (χ4v) is 3.19. The van der Waals surface area contributed by atoms with Crippen LogP contribution in [0, 0.1) is 0 Å². The molecule has 27 heavy (non-hydrogen) atoms. The van der Waals surface area contributed by atoms with E-state index in [-0.39, 0.29) is 45.8 Å². The number of amides is 2. The first-order valence-corrected chi connectivity index (χ1v) is 9.09. The van der Waals surface area contributed by atoms with E-state index in [1.807, 2.05) is 0 Å². The number of rotatable bonds is 4. The Morgan fingerprint density at radius 1 is 1.19 bits per heavy atom. The van der Waals surface area contributed by atoms with Crippen molar-refractivity contribution in [2.75, 3.05) is 25.1 Å². The second kappa shape index (κ2) is 8.25. The standard InChI is InChI=1S/C18H15Cl3N2O4/c1-22-18(25)16-8-23(13-4-2-3-5-14(13)27-16)17(24)9-26-15-7-11(20)10(19)6-12(15)21/h2-7,16H,8-9H2,1H3,(H,22,25). The van der Waals surface area contributed by atoms with Gasteiger partial charge in [-0.1, -0.05) is 46.9 Å². The predicted octanol–water partition coefficient (Wildman–Crippen LogP) is 3.57. The molecule has 0 saturated carbocycles. The number of carbonyl (C=O) groups excluding carboxylic acids is 2. The van der Waals surface area contributed by atoms with Crippen LogP contribution in [0.4, 0.5) is 5.69 Å². The van der Waals surface area contributed by atoms with Crippen LogP contribution in [0.1, 0.15) is 0 Å². The molecule has 1 atom stereocenters. The van der Waals surface area contributed by atoms with Crippen LogP contribution >= 0.6 is 34.8 Å². The monoisotopic (exact) mass is 428 g/mol. The highest BCUT2D eigenvalue weighted by Gasteiger charge is 2.33. The minimum absolute atomic E-state index is 0.0635. The highest BCUT2D eigenvalue weighted by Crippen LogP contribution is 2.35. The lowest BCUT2D eigenvalue weighted by Gasteiger charge is -2.33. The van der Waals surface area contributed by atoms with Crippen molar-refractivity contribution in [3.63, 3.8) is 0 Å². The van der Waals surface area contributed by atoms with Crippen molar-refractivity contribution >= 4 is 52.3 Å². The fourth-order valence-electron chi connectivity index (χ4n) is 2.60. The van der Waals surface area contributed by atoms with E-state index in [0.29, 0.717) is 11.4 Å². The molecule has 0 spiro atoms. The molecule has 2 aromatic rings. The van der Waals surface area contributed by atoms with Crippen LogP contribution in [0.25, 0.3) is 0 Å². The second-order valence-electron chi connectivity index (χ2n) is 5.68. The molecule has 0 fully saturated rings. The molecule has 1 heterocycles. The summed E-state index contributed by atoms with van der Waals surface area (Å²) in [6.07, 6.45) is -0.817. The maximum Gasteiger partial charge on any atom is 0.265 e. The van der Waals surface area contributed by atoms with Crippen LogP contribution in [0.5, 0.6) is 11.5 Å². The molecule has 0 saturated heterocycles. The lowest BCUT2D eigenvalue weighted by atomic mass is 10.1. The maximum absolute atomic E-state index is 12.8. The summed E-state index contributed by atoms with van der Waals surface area (Å²) in [6, 6.07) is 9.86. The minimum Gasteiger partial charge on any atom is -0.482 e. The Kier molecular flexibility index (Phi) is 5.99. The Morgan fingerprint density at radius 3 is 2.63 bits per heavy atom. The number of hydrogen-bond acceptors (Lipinski definition) is 4. The summed E-state index contributed by atoms with van der Waals surface area (Å²) in [4.78, 5) is 26.2. The molecular weight excluding hydrogens is 415 g/mol. The Morgan fingerprint density at radius 2 is 1.89 bits per heavy atom. The van der Waals surface area contributed by atoms with Gasteiger partial charge in [-0.05, 0) is 18.2 Å². The third-order valence-electron chi connectivity index (χ3n) is 3.94.